The molecule has 1 rings (SSSR count). The van der Waals surface area contributed by atoms with E-state index < -0.39 is 10.0 Å². The molecular weight excluding hydrogens is 228 g/mol. The minimum Gasteiger partial charge on any atom is -0.304 e. The van der Waals surface area contributed by atoms with Crippen molar-refractivity contribution in [1.82, 2.24) is 0 Å². The van der Waals surface area contributed by atoms with Crippen molar-refractivity contribution in [2.75, 3.05) is 24.2 Å². The van der Waals surface area contributed by atoms with Crippen LogP contribution in [0.3, 0.4) is 0 Å². The van der Waals surface area contributed by atoms with Crippen molar-refractivity contribution < 1.29 is 13.3 Å². The molecule has 0 bridgehead atoms. The van der Waals surface area contributed by atoms with E-state index in [0.29, 0.717) is 18.7 Å². The van der Waals surface area contributed by atoms with E-state index in [-0.39, 0.29) is 0 Å². The average Bonchev–Trinajstić information content (AvgIpc) is 2.24. The molecule has 0 amide bonds. The predicted molar refractivity (Wildman–Crippen MR) is 63.5 cm³/mol. The Labute approximate surface area is 95.8 Å². The molecule has 0 aromatic heterocycles. The van der Waals surface area contributed by atoms with Gasteiger partial charge in [0.25, 0.3) is 0 Å². The van der Waals surface area contributed by atoms with Gasteiger partial charge in [-0.15, -0.1) is 0 Å². The first kappa shape index (κ1) is 13.0. The van der Waals surface area contributed by atoms with E-state index in [1.807, 2.05) is 12.1 Å². The Kier molecular flexibility index (Phi) is 4.28. The topological polar surface area (TPSA) is 72.6 Å². The average molecular weight is 244 g/mol. The fraction of sp³-hybridized carbons (Fsp3) is 0.400. The third-order valence-corrected chi connectivity index (χ3v) is 3.51. The summed E-state index contributed by atoms with van der Waals surface area (Å²) in [5.74, 6) is 4.96. The van der Waals surface area contributed by atoms with Gasteiger partial charge in [0, 0.05) is 7.05 Å². The number of hydrogen-bond acceptors (Lipinski definition) is 4. The molecule has 0 fully saturated rings. The number of nitrogens with zero attached hydrogens (tertiary/aromatic N) is 1. The third kappa shape index (κ3) is 3.19. The van der Waals surface area contributed by atoms with Gasteiger partial charge in [-0.25, -0.2) is 14.3 Å². The zero-order chi connectivity index (χ0) is 12.2. The van der Waals surface area contributed by atoms with Gasteiger partial charge in [0.1, 0.15) is 0 Å². The minimum atomic E-state index is -3.24. The number of sulfonamides is 1. The van der Waals surface area contributed by atoms with E-state index in [9.17, 15) is 8.42 Å². The Morgan fingerprint density at radius 3 is 2.56 bits per heavy atom. The van der Waals surface area contributed by atoms with Crippen LogP contribution in [-0.4, -0.2) is 28.3 Å². The second kappa shape index (κ2) is 5.29. The molecule has 0 atom stereocenters. The van der Waals surface area contributed by atoms with Crippen LogP contribution in [0.25, 0.3) is 0 Å². The summed E-state index contributed by atoms with van der Waals surface area (Å²) < 4.78 is 24.1. The van der Waals surface area contributed by atoms with Gasteiger partial charge in [0.05, 0.1) is 18.6 Å². The molecule has 0 unspecified atom stereocenters. The molecule has 1 aromatic carbocycles. The number of para-hydroxylation sites is 1. The summed E-state index contributed by atoms with van der Waals surface area (Å²) in [6.07, 6.45) is 1.75. The standard InChI is InChI=1S/C10H16N2O3S/c1-12(16(2,13)14)10-6-4-3-5-9(10)7-8-15-11/h3-6H,7-8,11H2,1-2H3. The number of anilines is 1. The molecule has 0 saturated heterocycles. The molecule has 16 heavy (non-hydrogen) atoms. The summed E-state index contributed by atoms with van der Waals surface area (Å²) >= 11 is 0. The first-order valence-electron chi connectivity index (χ1n) is 4.80. The van der Waals surface area contributed by atoms with Gasteiger partial charge in [-0.3, -0.25) is 4.31 Å². The lowest BCUT2D eigenvalue weighted by Crippen LogP contribution is -2.26. The summed E-state index contributed by atoms with van der Waals surface area (Å²) in [5.41, 5.74) is 1.54. The largest absolute Gasteiger partial charge is 0.304 e. The molecule has 6 heteroatoms. The monoisotopic (exact) mass is 244 g/mol. The quantitative estimate of drug-likeness (QED) is 0.766. The first-order valence-corrected chi connectivity index (χ1v) is 6.65. The lowest BCUT2D eigenvalue weighted by atomic mass is 10.1. The molecule has 90 valence electrons. The highest BCUT2D eigenvalue weighted by Crippen LogP contribution is 2.21. The van der Waals surface area contributed by atoms with Crippen LogP contribution < -0.4 is 10.2 Å². The molecule has 0 spiro atoms. The molecule has 0 radical (unpaired) electrons. The van der Waals surface area contributed by atoms with Crippen molar-refractivity contribution in [2.45, 2.75) is 6.42 Å². The number of hydrogen-bond donors (Lipinski definition) is 1. The summed E-state index contributed by atoms with van der Waals surface area (Å²) in [5, 5.41) is 0. The Morgan fingerprint density at radius 2 is 2.00 bits per heavy atom. The van der Waals surface area contributed by atoms with Gasteiger partial charge in [-0.2, -0.15) is 0 Å². The van der Waals surface area contributed by atoms with Crippen molar-refractivity contribution in [1.29, 1.82) is 0 Å². The number of nitrogens with two attached hydrogens (primary N) is 1. The second-order valence-electron chi connectivity index (χ2n) is 3.48. The summed E-state index contributed by atoms with van der Waals surface area (Å²) in [6.45, 7) is 0.356. The van der Waals surface area contributed by atoms with Crippen LogP contribution in [0.4, 0.5) is 5.69 Å². The highest BCUT2D eigenvalue weighted by Gasteiger charge is 2.14. The van der Waals surface area contributed by atoms with Crippen LogP contribution in [0.5, 0.6) is 0 Å². The fourth-order valence-corrected chi connectivity index (χ4v) is 1.91. The maximum Gasteiger partial charge on any atom is 0.232 e. The molecule has 1 aromatic rings. The van der Waals surface area contributed by atoms with Gasteiger partial charge >= 0.3 is 0 Å². The molecule has 0 aliphatic heterocycles. The van der Waals surface area contributed by atoms with Crippen LogP contribution >= 0.6 is 0 Å². The Hall–Kier alpha value is -1.11. The van der Waals surface area contributed by atoms with E-state index >= 15 is 0 Å². The van der Waals surface area contributed by atoms with Crippen molar-refractivity contribution in [3.05, 3.63) is 29.8 Å². The van der Waals surface area contributed by atoms with E-state index in [1.165, 1.54) is 17.6 Å². The summed E-state index contributed by atoms with van der Waals surface area (Å²) in [7, 11) is -1.72. The molecule has 0 heterocycles. The van der Waals surface area contributed by atoms with Gasteiger partial charge < -0.3 is 4.84 Å². The molecule has 0 aliphatic carbocycles. The second-order valence-corrected chi connectivity index (χ2v) is 5.49. The van der Waals surface area contributed by atoms with Crippen molar-refractivity contribution in [3.63, 3.8) is 0 Å². The number of benzene rings is 1. The fourth-order valence-electron chi connectivity index (χ4n) is 1.38. The summed E-state index contributed by atoms with van der Waals surface area (Å²) in [6, 6.07) is 7.26. The zero-order valence-electron chi connectivity index (χ0n) is 9.38. The number of rotatable bonds is 5. The van der Waals surface area contributed by atoms with E-state index in [4.69, 9.17) is 5.90 Å². The van der Waals surface area contributed by atoms with Crippen molar-refractivity contribution in [3.8, 4) is 0 Å². The van der Waals surface area contributed by atoms with Crippen LogP contribution in [0.2, 0.25) is 0 Å². The van der Waals surface area contributed by atoms with Gasteiger partial charge in [-0.1, -0.05) is 18.2 Å². The van der Waals surface area contributed by atoms with Gasteiger partial charge in [0.2, 0.25) is 10.0 Å². The Balaban J connectivity index is 3.03. The van der Waals surface area contributed by atoms with E-state index in [2.05, 4.69) is 4.84 Å². The molecule has 0 saturated carbocycles. The summed E-state index contributed by atoms with van der Waals surface area (Å²) in [4.78, 5) is 4.50. The highest BCUT2D eigenvalue weighted by atomic mass is 32.2. The maximum absolute atomic E-state index is 11.4. The lowest BCUT2D eigenvalue weighted by molar-refractivity contribution is 0.141. The normalized spacial score (nSPS) is 11.4. The molecule has 2 N–H and O–H groups in total. The van der Waals surface area contributed by atoms with E-state index in [0.717, 1.165) is 5.56 Å². The van der Waals surface area contributed by atoms with Gasteiger partial charge in [-0.05, 0) is 18.1 Å². The van der Waals surface area contributed by atoms with Crippen LogP contribution in [0.1, 0.15) is 5.56 Å². The molecule has 0 aliphatic rings. The molecule has 5 nitrogen and oxygen atoms in total. The lowest BCUT2D eigenvalue weighted by Gasteiger charge is -2.19. The van der Waals surface area contributed by atoms with Crippen LogP contribution in [-0.2, 0) is 21.3 Å². The third-order valence-electron chi connectivity index (χ3n) is 2.32. The Morgan fingerprint density at radius 1 is 1.38 bits per heavy atom. The van der Waals surface area contributed by atoms with Crippen LogP contribution in [0, 0.1) is 0 Å². The van der Waals surface area contributed by atoms with Crippen molar-refractivity contribution in [2.24, 2.45) is 5.90 Å². The smallest absolute Gasteiger partial charge is 0.232 e. The SMILES string of the molecule is CN(c1ccccc1CCON)S(C)(=O)=O. The Bertz CT molecular complexity index is 445. The van der Waals surface area contributed by atoms with Gasteiger partial charge in [0.15, 0.2) is 0 Å². The van der Waals surface area contributed by atoms with Crippen LogP contribution in [0.15, 0.2) is 24.3 Å². The van der Waals surface area contributed by atoms with Crippen molar-refractivity contribution >= 4 is 15.7 Å². The highest BCUT2D eigenvalue weighted by molar-refractivity contribution is 7.92. The first-order chi connectivity index (χ1) is 7.46. The van der Waals surface area contributed by atoms with E-state index in [1.54, 1.807) is 12.1 Å². The molecular formula is C10H16N2O3S. The zero-order valence-corrected chi connectivity index (χ0v) is 10.2. The minimum absolute atomic E-state index is 0.356. The maximum atomic E-state index is 11.4. The predicted octanol–water partition coefficient (Wildman–Crippen LogP) is 0.515.